The Morgan fingerprint density at radius 1 is 0.509 bits per heavy atom. The maximum Gasteiger partial charge on any atom is 0.472 e. The monoisotopic (exact) mass is 831 g/mol. The van der Waals surface area contributed by atoms with Crippen LogP contribution in [0.5, 0.6) is 0 Å². The van der Waals surface area contributed by atoms with E-state index in [9.17, 15) is 19.0 Å². The van der Waals surface area contributed by atoms with E-state index in [4.69, 9.17) is 13.8 Å². The average Bonchev–Trinajstić information content (AvgIpc) is 3.08. The molecule has 0 rings (SSSR count). The summed E-state index contributed by atoms with van der Waals surface area (Å²) in [4.78, 5) is 36.5. The first kappa shape index (κ1) is 56.2. The van der Waals surface area contributed by atoms with Gasteiger partial charge in [0.2, 0.25) is 0 Å². The summed E-state index contributed by atoms with van der Waals surface area (Å²) in [7, 11) is 1.60. The van der Waals surface area contributed by atoms with E-state index < -0.39 is 13.7 Å². The number of hydrogen-bond donors (Lipinski definition) is 1. The largest absolute Gasteiger partial charge is 0.472 e. The van der Waals surface area contributed by atoms with E-state index in [1.807, 2.05) is 21.1 Å². The van der Waals surface area contributed by atoms with Crippen molar-refractivity contribution in [1.29, 1.82) is 0 Å². The maximum absolute atomic E-state index is 13.3. The summed E-state index contributed by atoms with van der Waals surface area (Å²) >= 11 is 0. The molecule has 7 atom stereocenters. The van der Waals surface area contributed by atoms with E-state index in [-0.39, 0.29) is 49.8 Å². The molecule has 8 nitrogen and oxygen atoms in total. The van der Waals surface area contributed by atoms with Gasteiger partial charge in [-0.15, -0.1) is 0 Å². The average molecular weight is 831 g/mol. The molecule has 0 saturated heterocycles. The van der Waals surface area contributed by atoms with Crippen molar-refractivity contribution in [3.8, 4) is 0 Å². The number of carbonyl (C=O) groups excluding carboxylic acids is 2. The highest BCUT2D eigenvalue weighted by Gasteiger charge is 2.27. The third-order valence-electron chi connectivity index (χ3n) is 11.7. The predicted octanol–water partition coefficient (Wildman–Crippen LogP) is 13.6. The molecule has 0 aliphatic rings. The molecular weight excluding hydrogens is 734 g/mol. The Balaban J connectivity index is 4.74. The van der Waals surface area contributed by atoms with Gasteiger partial charge < -0.3 is 14.1 Å². The van der Waals surface area contributed by atoms with E-state index in [2.05, 4.69) is 62.3 Å². The van der Waals surface area contributed by atoms with Gasteiger partial charge in [-0.05, 0) is 41.4 Å². The van der Waals surface area contributed by atoms with Gasteiger partial charge in [0.05, 0.1) is 34.4 Å². The lowest BCUT2D eigenvalue weighted by Gasteiger charge is -2.24. The fourth-order valence-electron chi connectivity index (χ4n) is 7.71. The van der Waals surface area contributed by atoms with Crippen molar-refractivity contribution in [3.63, 3.8) is 0 Å². The van der Waals surface area contributed by atoms with Crippen LogP contribution in [-0.2, 0) is 27.9 Å². The van der Waals surface area contributed by atoms with Crippen LogP contribution in [0.2, 0.25) is 0 Å². The number of likely N-dealkylation sites (N-methyl/N-ethyl adjacent to an activating group) is 1. The van der Waals surface area contributed by atoms with Crippen LogP contribution in [0.15, 0.2) is 0 Å². The fraction of sp³-hybridized carbons (Fsp3) is 0.958. The minimum absolute atomic E-state index is 0.0195. The quantitative estimate of drug-likeness (QED) is 0.0285. The molecule has 0 spiro atoms. The first-order valence-electron chi connectivity index (χ1n) is 23.8. The Morgan fingerprint density at radius 2 is 0.912 bits per heavy atom. The summed E-state index contributed by atoms with van der Waals surface area (Å²) in [5, 5.41) is 0. The number of hydrogen-bond acceptors (Lipinski definition) is 6. The van der Waals surface area contributed by atoms with Crippen molar-refractivity contribution in [3.05, 3.63) is 0 Å². The van der Waals surface area contributed by atoms with Gasteiger partial charge in [0, 0.05) is 25.2 Å². The van der Waals surface area contributed by atoms with Crippen molar-refractivity contribution in [2.75, 3.05) is 47.5 Å². The van der Waals surface area contributed by atoms with Crippen molar-refractivity contribution < 1.29 is 37.3 Å². The summed E-state index contributed by atoms with van der Waals surface area (Å²) in [6.45, 7) is 21.0. The van der Waals surface area contributed by atoms with Crippen molar-refractivity contribution in [1.82, 2.24) is 0 Å². The standard InChI is InChI=1S/C48H96NO7P/c1-39(2)22-18-26-41(5)24-16-14-13-15-17-25-45(9)35-48(51)54-37-46(38-56-57(52,53)55-33-32-49(10,11)12)36-47(50)34-44(8)31-21-30-43(7)29-20-28-42(6)27-19-23-40(3)4/h39-46H,13-38H2,1-12H3/p+1/t41-,42+,43+,44-,45+,46-/m1/s1. The first-order chi connectivity index (χ1) is 26.7. The Morgan fingerprint density at radius 3 is 1.39 bits per heavy atom. The van der Waals surface area contributed by atoms with Gasteiger partial charge in [-0.25, -0.2) is 4.57 Å². The predicted molar refractivity (Wildman–Crippen MR) is 241 cm³/mol. The number of nitrogens with zero attached hydrogens (tertiary/aromatic N) is 1. The molecule has 0 aromatic carbocycles. The zero-order valence-corrected chi connectivity index (χ0v) is 40.7. The molecular formula is C48H97NO7P+. The van der Waals surface area contributed by atoms with Gasteiger partial charge in [-0.1, -0.05) is 184 Å². The zero-order chi connectivity index (χ0) is 43.3. The molecule has 0 heterocycles. The summed E-state index contributed by atoms with van der Waals surface area (Å²) in [6, 6.07) is 0. The van der Waals surface area contributed by atoms with Crippen molar-refractivity contribution in [2.45, 2.75) is 204 Å². The van der Waals surface area contributed by atoms with E-state index >= 15 is 0 Å². The lowest BCUT2D eigenvalue weighted by molar-refractivity contribution is -0.870. The van der Waals surface area contributed by atoms with Crippen LogP contribution in [0.4, 0.5) is 0 Å². The van der Waals surface area contributed by atoms with Crippen LogP contribution >= 0.6 is 7.82 Å². The second kappa shape index (κ2) is 32.9. The molecule has 0 saturated carbocycles. The van der Waals surface area contributed by atoms with E-state index in [1.165, 1.54) is 96.3 Å². The molecule has 0 aromatic heterocycles. The third kappa shape index (κ3) is 37.9. The van der Waals surface area contributed by atoms with Gasteiger partial charge in [0.15, 0.2) is 0 Å². The number of phosphoric ester groups is 1. The van der Waals surface area contributed by atoms with Crippen LogP contribution in [0.25, 0.3) is 0 Å². The lowest BCUT2D eigenvalue weighted by atomic mass is 9.89. The SMILES string of the molecule is CC(C)CCC[C@H](C)CCCCCCC[C@H](C)CC(=O)OC[C@H](COP(=O)(O)OCC[N+](C)(C)C)CC(=O)C[C@H](C)CCC[C@@H](C)CCC[C@@H](C)CCCC(C)C. The zero-order valence-electron chi connectivity index (χ0n) is 39.8. The highest BCUT2D eigenvalue weighted by molar-refractivity contribution is 7.47. The number of rotatable bonds is 39. The molecule has 0 radical (unpaired) electrons. The number of phosphoric acid groups is 1. The van der Waals surface area contributed by atoms with Crippen molar-refractivity contribution in [2.24, 2.45) is 47.3 Å². The molecule has 0 aliphatic heterocycles. The summed E-state index contributed by atoms with van der Waals surface area (Å²) in [5.74, 6) is 3.66. The first-order valence-corrected chi connectivity index (χ1v) is 25.3. The molecule has 9 heteroatoms. The lowest BCUT2D eigenvalue weighted by Crippen LogP contribution is -2.37. The molecule has 0 amide bonds. The van der Waals surface area contributed by atoms with Crippen molar-refractivity contribution >= 4 is 19.6 Å². The third-order valence-corrected chi connectivity index (χ3v) is 12.7. The Bertz CT molecular complexity index is 1040. The smallest absolute Gasteiger partial charge is 0.465 e. The number of carbonyl (C=O) groups is 2. The molecule has 340 valence electrons. The number of quaternary nitrogens is 1. The molecule has 0 fully saturated rings. The summed E-state index contributed by atoms with van der Waals surface area (Å²) in [6.07, 6.45) is 24.6. The van der Waals surface area contributed by atoms with Crippen LogP contribution in [0, 0.1) is 47.3 Å². The maximum atomic E-state index is 13.3. The molecule has 1 unspecified atom stereocenters. The minimum atomic E-state index is -4.32. The molecule has 0 bridgehead atoms. The second-order valence-electron chi connectivity index (χ2n) is 20.7. The van der Waals surface area contributed by atoms with E-state index in [0.29, 0.717) is 29.8 Å². The number of ketones is 1. The van der Waals surface area contributed by atoms with Crippen LogP contribution in [0.1, 0.15) is 204 Å². The van der Waals surface area contributed by atoms with Gasteiger partial charge in [0.1, 0.15) is 18.9 Å². The Hall–Kier alpha value is -0.790. The molecule has 57 heavy (non-hydrogen) atoms. The normalized spacial score (nSPS) is 16.6. The highest BCUT2D eigenvalue weighted by atomic mass is 31.2. The number of esters is 1. The molecule has 0 aliphatic carbocycles. The van der Waals surface area contributed by atoms with Gasteiger partial charge in [-0.3, -0.25) is 18.6 Å². The van der Waals surface area contributed by atoms with E-state index in [0.717, 1.165) is 49.4 Å². The number of ether oxygens (including phenoxy) is 1. The minimum Gasteiger partial charge on any atom is -0.465 e. The highest BCUT2D eigenvalue weighted by Crippen LogP contribution is 2.43. The van der Waals surface area contributed by atoms with Crippen LogP contribution in [0.3, 0.4) is 0 Å². The van der Waals surface area contributed by atoms with Gasteiger partial charge in [0.25, 0.3) is 0 Å². The van der Waals surface area contributed by atoms with Gasteiger partial charge in [-0.2, -0.15) is 0 Å². The number of unbranched alkanes of at least 4 members (excludes halogenated alkanes) is 4. The Labute approximate surface area is 354 Å². The van der Waals surface area contributed by atoms with Crippen LogP contribution in [-0.4, -0.2) is 68.6 Å². The fourth-order valence-corrected chi connectivity index (χ4v) is 8.50. The Kier molecular flexibility index (Phi) is 32.5. The summed E-state index contributed by atoms with van der Waals surface area (Å²) in [5.41, 5.74) is 0. The van der Waals surface area contributed by atoms with Gasteiger partial charge >= 0.3 is 13.8 Å². The van der Waals surface area contributed by atoms with E-state index in [1.54, 1.807) is 0 Å². The number of Topliss-reactive ketones (excluding diaryl/α,β-unsaturated/α-hetero) is 1. The second-order valence-corrected chi connectivity index (χ2v) is 22.1. The molecule has 0 aromatic rings. The topological polar surface area (TPSA) is 99.1 Å². The molecule has 1 N–H and O–H groups in total. The van der Waals surface area contributed by atoms with Crippen LogP contribution < -0.4 is 0 Å². The summed E-state index contributed by atoms with van der Waals surface area (Å²) < 4.78 is 29.5.